The van der Waals surface area contributed by atoms with E-state index in [4.69, 9.17) is 4.74 Å². The van der Waals surface area contributed by atoms with Gasteiger partial charge in [0.25, 0.3) is 5.91 Å². The van der Waals surface area contributed by atoms with Crippen molar-refractivity contribution in [1.82, 2.24) is 9.80 Å². The van der Waals surface area contributed by atoms with Gasteiger partial charge in [-0.25, -0.2) is 0 Å². The number of aliphatic hydroxyl groups excluding tert-OH is 1. The highest BCUT2D eigenvalue weighted by molar-refractivity contribution is 7.12. The zero-order valence-corrected chi connectivity index (χ0v) is 13.0. The first kappa shape index (κ1) is 15.9. The average molecular weight is 312 g/mol. The molecule has 1 aliphatic heterocycles. The molecule has 1 saturated heterocycles. The van der Waals surface area contributed by atoms with E-state index in [2.05, 4.69) is 0 Å². The van der Waals surface area contributed by atoms with Crippen molar-refractivity contribution >= 4 is 23.2 Å². The maximum atomic E-state index is 12.3. The molecule has 0 radical (unpaired) electrons. The van der Waals surface area contributed by atoms with E-state index in [9.17, 15) is 14.7 Å². The van der Waals surface area contributed by atoms with E-state index in [1.807, 2.05) is 18.4 Å². The molecule has 2 rings (SSSR count). The van der Waals surface area contributed by atoms with Gasteiger partial charge in [-0.2, -0.15) is 0 Å². The fraction of sp³-hybridized carbons (Fsp3) is 0.571. The summed E-state index contributed by atoms with van der Waals surface area (Å²) >= 11 is 1.36. The number of nitrogens with zero attached hydrogens (tertiary/aromatic N) is 2. The molecule has 0 bridgehead atoms. The van der Waals surface area contributed by atoms with Crippen molar-refractivity contribution in [2.45, 2.75) is 19.1 Å². The van der Waals surface area contributed by atoms with E-state index in [-0.39, 0.29) is 37.2 Å². The lowest BCUT2D eigenvalue weighted by Crippen LogP contribution is -2.52. The van der Waals surface area contributed by atoms with E-state index < -0.39 is 0 Å². The van der Waals surface area contributed by atoms with Gasteiger partial charge in [0.05, 0.1) is 30.2 Å². The predicted molar refractivity (Wildman–Crippen MR) is 79.3 cm³/mol. The first-order valence-electron chi connectivity index (χ1n) is 6.84. The number of thiophene rings is 1. The molecule has 7 heteroatoms. The van der Waals surface area contributed by atoms with Crippen LogP contribution in [0.25, 0.3) is 0 Å². The normalized spacial score (nSPS) is 22.1. The van der Waals surface area contributed by atoms with Crippen molar-refractivity contribution in [3.63, 3.8) is 0 Å². The van der Waals surface area contributed by atoms with Crippen molar-refractivity contribution in [3.8, 4) is 0 Å². The molecule has 1 aromatic rings. The van der Waals surface area contributed by atoms with Crippen molar-refractivity contribution in [3.05, 3.63) is 22.4 Å². The quantitative estimate of drug-likeness (QED) is 0.875. The number of carbonyl (C=O) groups excluding carboxylic acids is 2. The van der Waals surface area contributed by atoms with Crippen molar-refractivity contribution < 1.29 is 19.4 Å². The van der Waals surface area contributed by atoms with Gasteiger partial charge in [-0.15, -0.1) is 11.3 Å². The Balaban J connectivity index is 1.92. The van der Waals surface area contributed by atoms with E-state index in [1.54, 1.807) is 18.0 Å². The Morgan fingerprint density at radius 3 is 2.90 bits per heavy atom. The number of amides is 2. The lowest BCUT2D eigenvalue weighted by Gasteiger charge is -2.36. The minimum Gasteiger partial charge on any atom is -0.394 e. The Morgan fingerprint density at radius 1 is 1.52 bits per heavy atom. The molecule has 2 unspecified atom stereocenters. The summed E-state index contributed by atoms with van der Waals surface area (Å²) < 4.78 is 5.50. The highest BCUT2D eigenvalue weighted by Crippen LogP contribution is 2.13. The summed E-state index contributed by atoms with van der Waals surface area (Å²) in [6, 6.07) is 3.55. The Morgan fingerprint density at radius 2 is 2.29 bits per heavy atom. The summed E-state index contributed by atoms with van der Waals surface area (Å²) in [4.78, 5) is 28.1. The number of hydrogen-bond acceptors (Lipinski definition) is 5. The van der Waals surface area contributed by atoms with Crippen molar-refractivity contribution in [2.75, 3.05) is 33.3 Å². The largest absolute Gasteiger partial charge is 0.394 e. The third kappa shape index (κ3) is 4.03. The van der Waals surface area contributed by atoms with Gasteiger partial charge in [-0.3, -0.25) is 9.59 Å². The molecule has 2 atom stereocenters. The van der Waals surface area contributed by atoms with Crippen molar-refractivity contribution in [1.29, 1.82) is 0 Å². The first-order chi connectivity index (χ1) is 10.0. The maximum Gasteiger partial charge on any atom is 0.264 e. The Bertz CT molecular complexity index is 491. The van der Waals surface area contributed by atoms with Crippen LogP contribution in [0, 0.1) is 0 Å². The second kappa shape index (κ2) is 7.02. The lowest BCUT2D eigenvalue weighted by molar-refractivity contribution is -0.147. The van der Waals surface area contributed by atoms with Crippen LogP contribution in [0.3, 0.4) is 0 Å². The second-order valence-electron chi connectivity index (χ2n) is 5.19. The van der Waals surface area contributed by atoms with Crippen LogP contribution in [-0.4, -0.2) is 72.2 Å². The van der Waals surface area contributed by atoms with Gasteiger partial charge in [0.2, 0.25) is 5.91 Å². The predicted octanol–water partition coefficient (Wildman–Crippen LogP) is 0.428. The van der Waals surface area contributed by atoms with Crippen molar-refractivity contribution in [2.24, 2.45) is 0 Å². The highest BCUT2D eigenvalue weighted by atomic mass is 32.1. The van der Waals surface area contributed by atoms with Crippen LogP contribution in [0.1, 0.15) is 16.6 Å². The summed E-state index contributed by atoms with van der Waals surface area (Å²) in [5, 5.41) is 11.0. The van der Waals surface area contributed by atoms with Gasteiger partial charge >= 0.3 is 0 Å². The number of rotatable bonds is 4. The Kier molecular flexibility index (Phi) is 5.33. The minimum atomic E-state index is -0.351. The van der Waals surface area contributed by atoms with Gasteiger partial charge in [-0.1, -0.05) is 6.07 Å². The summed E-state index contributed by atoms with van der Waals surface area (Å²) in [5.41, 5.74) is 0. The first-order valence-corrected chi connectivity index (χ1v) is 7.72. The van der Waals surface area contributed by atoms with Gasteiger partial charge < -0.3 is 19.6 Å². The molecule has 1 aliphatic rings. The molecule has 2 heterocycles. The third-order valence-electron chi connectivity index (χ3n) is 3.33. The Hall–Kier alpha value is -1.44. The van der Waals surface area contributed by atoms with Crippen LogP contribution in [-0.2, 0) is 9.53 Å². The average Bonchev–Trinajstić information content (AvgIpc) is 2.99. The smallest absolute Gasteiger partial charge is 0.264 e. The van der Waals surface area contributed by atoms with Gasteiger partial charge in [-0.05, 0) is 18.4 Å². The van der Waals surface area contributed by atoms with Gasteiger partial charge in [0.1, 0.15) is 0 Å². The molecule has 1 fully saturated rings. The molecule has 0 aliphatic carbocycles. The zero-order valence-electron chi connectivity index (χ0n) is 12.2. The van der Waals surface area contributed by atoms with E-state index >= 15 is 0 Å². The summed E-state index contributed by atoms with van der Waals surface area (Å²) in [6.07, 6.45) is -0.464. The monoisotopic (exact) mass is 312 g/mol. The number of aliphatic hydroxyl groups is 1. The minimum absolute atomic E-state index is 0.0294. The number of carbonyl (C=O) groups is 2. The fourth-order valence-electron chi connectivity index (χ4n) is 2.31. The van der Waals surface area contributed by atoms with Crippen LogP contribution in [0.4, 0.5) is 0 Å². The lowest BCUT2D eigenvalue weighted by atomic mass is 10.2. The Labute approximate surface area is 127 Å². The molecule has 0 saturated carbocycles. The summed E-state index contributed by atoms with van der Waals surface area (Å²) in [5.74, 6) is -0.283. The van der Waals surface area contributed by atoms with Crippen LogP contribution in [0.5, 0.6) is 0 Å². The highest BCUT2D eigenvalue weighted by Gasteiger charge is 2.29. The molecular formula is C14H20N2O4S. The van der Waals surface area contributed by atoms with Crippen LogP contribution >= 0.6 is 11.3 Å². The zero-order chi connectivity index (χ0) is 15.4. The molecular weight excluding hydrogens is 292 g/mol. The number of ether oxygens (including phenoxy) is 1. The SMILES string of the molecule is CC1CN(C(=O)CN(C)C(=O)c2cccs2)CC(CO)O1. The standard InChI is InChI=1S/C14H20N2O4S/c1-10-6-16(7-11(9-17)20-10)13(18)8-15(2)14(19)12-4-3-5-21-12/h3-5,10-11,17H,6-9H2,1-2H3. The number of morpholine rings is 1. The summed E-state index contributed by atoms with van der Waals surface area (Å²) in [7, 11) is 1.62. The number of likely N-dealkylation sites (N-methyl/N-ethyl adjacent to an activating group) is 1. The fourth-order valence-corrected chi connectivity index (χ4v) is 3.03. The maximum absolute atomic E-state index is 12.3. The third-order valence-corrected chi connectivity index (χ3v) is 4.19. The molecule has 2 amide bonds. The van der Waals surface area contributed by atoms with Crippen LogP contribution in [0.15, 0.2) is 17.5 Å². The molecule has 6 nitrogen and oxygen atoms in total. The van der Waals surface area contributed by atoms with E-state index in [0.29, 0.717) is 18.0 Å². The topological polar surface area (TPSA) is 70.1 Å². The van der Waals surface area contributed by atoms with Crippen LogP contribution in [0.2, 0.25) is 0 Å². The van der Waals surface area contributed by atoms with E-state index in [1.165, 1.54) is 16.2 Å². The molecule has 1 N–H and O–H groups in total. The number of hydrogen-bond donors (Lipinski definition) is 1. The molecule has 0 aromatic carbocycles. The summed E-state index contributed by atoms with van der Waals surface area (Å²) in [6.45, 7) is 2.62. The van der Waals surface area contributed by atoms with E-state index in [0.717, 1.165) is 0 Å². The van der Waals surface area contributed by atoms with Crippen LogP contribution < -0.4 is 0 Å². The van der Waals surface area contributed by atoms with Gasteiger partial charge in [0.15, 0.2) is 0 Å². The molecule has 21 heavy (non-hydrogen) atoms. The molecule has 116 valence electrons. The molecule has 1 aromatic heterocycles. The van der Waals surface area contributed by atoms with Gasteiger partial charge in [0, 0.05) is 20.1 Å². The molecule has 0 spiro atoms. The second-order valence-corrected chi connectivity index (χ2v) is 6.14.